The van der Waals surface area contributed by atoms with Crippen LogP contribution in [0.1, 0.15) is 27.0 Å². The molecular weight excluding hydrogens is 358 g/mol. The number of pyridine rings is 1. The van der Waals surface area contributed by atoms with Gasteiger partial charge >= 0.3 is 0 Å². The molecule has 0 bridgehead atoms. The van der Waals surface area contributed by atoms with Gasteiger partial charge < -0.3 is 11.1 Å². The van der Waals surface area contributed by atoms with Crippen molar-refractivity contribution in [2.75, 3.05) is 0 Å². The molecule has 4 nitrogen and oxygen atoms in total. The minimum Gasteiger partial charge on any atom is -0.366 e. The number of hydrogen-bond donors (Lipinski definition) is 2. The van der Waals surface area contributed by atoms with Gasteiger partial charge in [-0.15, -0.1) is 0 Å². The van der Waals surface area contributed by atoms with Crippen LogP contribution in [0, 0.1) is 0 Å². The number of nitrogens with two attached hydrogens (primary N) is 1. The van der Waals surface area contributed by atoms with E-state index in [1.807, 2.05) is 12.1 Å². The van der Waals surface area contributed by atoms with E-state index in [9.17, 15) is 4.79 Å². The van der Waals surface area contributed by atoms with Crippen LogP contribution in [0.2, 0.25) is 5.02 Å². The maximum Gasteiger partial charge on any atom is 0.250 e. The summed E-state index contributed by atoms with van der Waals surface area (Å²) in [5.41, 5.74) is 11.2. The molecule has 136 valence electrons. The van der Waals surface area contributed by atoms with Crippen LogP contribution >= 0.6 is 11.6 Å². The lowest BCUT2D eigenvalue weighted by molar-refractivity contribution is 0.1000. The Morgan fingerprint density at radius 3 is 2.37 bits per heavy atom. The molecule has 27 heavy (non-hydrogen) atoms. The number of halogens is 1. The summed E-state index contributed by atoms with van der Waals surface area (Å²) in [6, 6.07) is 18.8. The Labute approximate surface area is 163 Å². The molecular formula is C22H20ClN3O. The molecule has 0 radical (unpaired) electrons. The molecule has 1 heterocycles. The van der Waals surface area contributed by atoms with Crippen LogP contribution in [0.5, 0.6) is 0 Å². The Hall–Kier alpha value is -2.69. The number of aromatic nitrogens is 1. The van der Waals surface area contributed by atoms with E-state index in [1.165, 1.54) is 22.9 Å². The fraction of sp³-hybridized carbons (Fsp3) is 0.182. The fourth-order valence-corrected chi connectivity index (χ4v) is 3.81. The molecule has 0 unspecified atom stereocenters. The smallest absolute Gasteiger partial charge is 0.250 e. The highest BCUT2D eigenvalue weighted by atomic mass is 35.5. The number of carbonyl (C=O) groups excluding carboxylic acids is 1. The highest BCUT2D eigenvalue weighted by Gasteiger charge is 2.20. The molecule has 3 N–H and O–H groups in total. The van der Waals surface area contributed by atoms with Gasteiger partial charge in [-0.1, -0.05) is 60.1 Å². The van der Waals surface area contributed by atoms with Crippen molar-refractivity contribution in [2.24, 2.45) is 5.73 Å². The molecule has 4 rings (SSSR count). The summed E-state index contributed by atoms with van der Waals surface area (Å²) < 4.78 is 0. The number of primary amides is 1. The second-order valence-corrected chi connectivity index (χ2v) is 7.28. The Bertz CT molecular complexity index is 960. The fourth-order valence-electron chi connectivity index (χ4n) is 3.53. The van der Waals surface area contributed by atoms with Gasteiger partial charge in [0.15, 0.2) is 0 Å². The van der Waals surface area contributed by atoms with Gasteiger partial charge in [0, 0.05) is 24.3 Å². The average molecular weight is 378 g/mol. The standard InChI is InChI=1S/C22H20ClN3O/c23-20-11-18(22(24)27)13-26-21(20)15-7-5-14(6-8-15)12-25-19-9-16-3-1-2-4-17(16)10-19/h1-8,11,13,19,25H,9-10,12H2,(H2,24,27). The molecule has 0 aliphatic heterocycles. The molecule has 0 saturated carbocycles. The molecule has 2 aromatic carbocycles. The minimum absolute atomic E-state index is 0.308. The lowest BCUT2D eigenvalue weighted by atomic mass is 10.1. The minimum atomic E-state index is -0.536. The number of hydrogen-bond acceptors (Lipinski definition) is 3. The molecule has 1 aromatic heterocycles. The molecule has 1 amide bonds. The number of rotatable bonds is 5. The Morgan fingerprint density at radius 2 is 1.78 bits per heavy atom. The number of amides is 1. The summed E-state index contributed by atoms with van der Waals surface area (Å²) in [6.45, 7) is 0.820. The van der Waals surface area contributed by atoms with E-state index in [-0.39, 0.29) is 0 Å². The van der Waals surface area contributed by atoms with E-state index in [0.717, 1.165) is 24.9 Å². The van der Waals surface area contributed by atoms with Crippen LogP contribution in [0.15, 0.2) is 60.8 Å². The Balaban J connectivity index is 1.40. The third kappa shape index (κ3) is 3.87. The zero-order valence-electron chi connectivity index (χ0n) is 14.8. The Morgan fingerprint density at radius 1 is 1.11 bits per heavy atom. The van der Waals surface area contributed by atoms with Gasteiger partial charge in [0.05, 0.1) is 16.3 Å². The third-order valence-corrected chi connectivity index (χ3v) is 5.29. The first-order chi connectivity index (χ1) is 13.1. The van der Waals surface area contributed by atoms with Gasteiger partial charge in [0.25, 0.3) is 0 Å². The zero-order chi connectivity index (χ0) is 18.8. The summed E-state index contributed by atoms with van der Waals surface area (Å²) in [6.07, 6.45) is 3.62. The maximum absolute atomic E-state index is 11.2. The van der Waals surface area contributed by atoms with Gasteiger partial charge in [-0.05, 0) is 35.6 Å². The number of nitrogens with zero attached hydrogens (tertiary/aromatic N) is 1. The second-order valence-electron chi connectivity index (χ2n) is 6.87. The molecule has 5 heteroatoms. The van der Waals surface area contributed by atoms with Crippen LogP contribution in [0.25, 0.3) is 11.3 Å². The third-order valence-electron chi connectivity index (χ3n) is 5.00. The quantitative estimate of drug-likeness (QED) is 0.711. The van der Waals surface area contributed by atoms with Gasteiger partial charge in [0.2, 0.25) is 5.91 Å². The summed E-state index contributed by atoms with van der Waals surface area (Å²) in [7, 11) is 0. The topological polar surface area (TPSA) is 68.0 Å². The predicted octanol–water partition coefficient (Wildman–Crippen LogP) is 3.76. The van der Waals surface area contributed by atoms with Gasteiger partial charge in [-0.3, -0.25) is 9.78 Å². The number of carbonyl (C=O) groups is 1. The zero-order valence-corrected chi connectivity index (χ0v) is 15.5. The van der Waals surface area contributed by atoms with E-state index >= 15 is 0 Å². The predicted molar refractivity (Wildman–Crippen MR) is 108 cm³/mol. The van der Waals surface area contributed by atoms with Crippen molar-refractivity contribution in [2.45, 2.75) is 25.4 Å². The van der Waals surface area contributed by atoms with Gasteiger partial charge in [-0.25, -0.2) is 0 Å². The van der Waals surface area contributed by atoms with Crippen LogP contribution in [0.3, 0.4) is 0 Å². The SMILES string of the molecule is NC(=O)c1cnc(-c2ccc(CNC3Cc4ccccc4C3)cc2)c(Cl)c1. The van der Waals surface area contributed by atoms with Crippen molar-refractivity contribution in [1.82, 2.24) is 10.3 Å². The number of benzene rings is 2. The van der Waals surface area contributed by atoms with Crippen LogP contribution in [0.4, 0.5) is 0 Å². The van der Waals surface area contributed by atoms with Gasteiger partial charge in [0.1, 0.15) is 0 Å². The first-order valence-corrected chi connectivity index (χ1v) is 9.33. The highest BCUT2D eigenvalue weighted by molar-refractivity contribution is 6.33. The lowest BCUT2D eigenvalue weighted by Crippen LogP contribution is -2.28. The molecule has 0 saturated heterocycles. The number of nitrogens with one attached hydrogen (secondary N) is 1. The maximum atomic E-state index is 11.2. The number of fused-ring (bicyclic) bond motifs is 1. The normalized spacial score (nSPS) is 13.5. The van der Waals surface area contributed by atoms with Crippen LogP contribution in [-0.2, 0) is 19.4 Å². The summed E-state index contributed by atoms with van der Waals surface area (Å²) in [4.78, 5) is 15.5. The van der Waals surface area contributed by atoms with Crippen molar-refractivity contribution in [3.8, 4) is 11.3 Å². The van der Waals surface area contributed by atoms with E-state index in [4.69, 9.17) is 17.3 Å². The molecule has 1 aliphatic carbocycles. The summed E-state index contributed by atoms with van der Waals surface area (Å²) >= 11 is 6.26. The van der Waals surface area contributed by atoms with E-state index < -0.39 is 5.91 Å². The van der Waals surface area contributed by atoms with Crippen molar-refractivity contribution in [3.63, 3.8) is 0 Å². The van der Waals surface area contributed by atoms with E-state index in [0.29, 0.717) is 22.3 Å². The summed E-state index contributed by atoms with van der Waals surface area (Å²) in [5, 5.41) is 4.06. The first kappa shape index (κ1) is 17.7. The molecule has 0 spiro atoms. The molecule has 0 atom stereocenters. The largest absolute Gasteiger partial charge is 0.366 e. The molecule has 3 aromatic rings. The second kappa shape index (κ2) is 7.51. The average Bonchev–Trinajstić information content (AvgIpc) is 3.10. The van der Waals surface area contributed by atoms with E-state index in [1.54, 1.807) is 6.07 Å². The lowest BCUT2D eigenvalue weighted by Gasteiger charge is -2.12. The summed E-state index contributed by atoms with van der Waals surface area (Å²) in [5.74, 6) is -0.536. The first-order valence-electron chi connectivity index (χ1n) is 8.95. The van der Waals surface area contributed by atoms with Crippen molar-refractivity contribution in [1.29, 1.82) is 0 Å². The molecule has 1 aliphatic rings. The van der Waals surface area contributed by atoms with Crippen molar-refractivity contribution < 1.29 is 4.79 Å². The van der Waals surface area contributed by atoms with Crippen LogP contribution in [-0.4, -0.2) is 16.9 Å². The van der Waals surface area contributed by atoms with Crippen molar-refractivity contribution >= 4 is 17.5 Å². The monoisotopic (exact) mass is 377 g/mol. The highest BCUT2D eigenvalue weighted by Crippen LogP contribution is 2.27. The Kier molecular flexibility index (Phi) is 4.92. The van der Waals surface area contributed by atoms with E-state index in [2.05, 4.69) is 46.7 Å². The van der Waals surface area contributed by atoms with Crippen molar-refractivity contribution in [3.05, 3.63) is 88.1 Å². The van der Waals surface area contributed by atoms with Crippen LogP contribution < -0.4 is 11.1 Å². The van der Waals surface area contributed by atoms with Gasteiger partial charge in [-0.2, -0.15) is 0 Å². The molecule has 0 fully saturated rings.